The molecule has 0 spiro atoms. The molecule has 51 heavy (non-hydrogen) atoms. The number of rotatable bonds is 19. The molecule has 0 saturated carbocycles. The van der Waals surface area contributed by atoms with Crippen LogP contribution in [0.5, 0.6) is 0 Å². The van der Waals surface area contributed by atoms with Crippen molar-refractivity contribution in [2.45, 2.75) is 65.5 Å². The van der Waals surface area contributed by atoms with Crippen LogP contribution >= 0.6 is 0 Å². The molecule has 0 aliphatic carbocycles. The third-order valence-electron chi connectivity index (χ3n) is 8.70. The minimum absolute atomic E-state index is 0.0645. The van der Waals surface area contributed by atoms with Gasteiger partial charge in [-0.15, -0.1) is 0 Å². The Labute approximate surface area is 297 Å². The van der Waals surface area contributed by atoms with E-state index in [1.807, 2.05) is 13.8 Å². The van der Waals surface area contributed by atoms with Crippen LogP contribution in [-0.2, 0) is 54.3 Å². The van der Waals surface area contributed by atoms with E-state index in [1.54, 1.807) is 44.2 Å². The number of carbonyl (C=O) groups excluding carboxylic acids is 8. The Morgan fingerprint density at radius 2 is 1.53 bits per heavy atom. The monoisotopic (exact) mass is 714 g/mol. The van der Waals surface area contributed by atoms with Gasteiger partial charge >= 0.3 is 0 Å². The van der Waals surface area contributed by atoms with E-state index < -0.39 is 61.1 Å². The minimum Gasteiger partial charge on any atom is -0.376 e. The first-order valence-corrected chi connectivity index (χ1v) is 17.2. The van der Waals surface area contributed by atoms with Crippen LogP contribution in [0.15, 0.2) is 30.3 Å². The van der Waals surface area contributed by atoms with Crippen molar-refractivity contribution in [1.29, 1.82) is 0 Å². The van der Waals surface area contributed by atoms with Crippen LogP contribution in [0.25, 0.3) is 0 Å². The van der Waals surface area contributed by atoms with Crippen molar-refractivity contribution in [3.8, 4) is 0 Å². The number of amides is 7. The molecule has 3 rings (SSSR count). The van der Waals surface area contributed by atoms with Gasteiger partial charge in [0, 0.05) is 24.7 Å². The van der Waals surface area contributed by atoms with E-state index in [0.29, 0.717) is 12.8 Å². The summed E-state index contributed by atoms with van der Waals surface area (Å²) in [6.45, 7) is 5.88. The number of Topliss-reactive ketones (excluding diaryl/α,β-unsaturated/α-hetero) is 1. The van der Waals surface area contributed by atoms with E-state index in [1.165, 1.54) is 4.90 Å². The molecule has 1 aromatic carbocycles. The van der Waals surface area contributed by atoms with Crippen molar-refractivity contribution in [2.75, 3.05) is 46.1 Å². The van der Waals surface area contributed by atoms with E-state index in [-0.39, 0.29) is 80.8 Å². The maximum atomic E-state index is 13.0. The lowest BCUT2D eigenvalue weighted by molar-refractivity contribution is -0.145. The summed E-state index contributed by atoms with van der Waals surface area (Å²) < 4.78 is 10.9. The molecule has 0 bridgehead atoms. The molecular formula is C35H50N6O10. The number of nitrogens with zero attached hydrogens (tertiary/aromatic N) is 1. The molecule has 2 aliphatic rings. The molecule has 4 unspecified atom stereocenters. The number of ketones is 1. The fraction of sp³-hybridized carbons (Fsp3) is 0.600. The SMILES string of the molecule is CC(C)C(=O)COCNC(=O)CNC(=O)C(Cc1ccccc1)NC(=O)CNC(=O)CNC(=O)C1CCC(CN2C(=O)CC(C(C)C)C2=O)OC1. The van der Waals surface area contributed by atoms with Gasteiger partial charge in [-0.3, -0.25) is 43.3 Å². The number of carbonyl (C=O) groups is 8. The van der Waals surface area contributed by atoms with Crippen LogP contribution in [0.2, 0.25) is 0 Å². The predicted molar refractivity (Wildman–Crippen MR) is 182 cm³/mol. The van der Waals surface area contributed by atoms with Crippen molar-refractivity contribution in [2.24, 2.45) is 23.7 Å². The first kappa shape index (κ1) is 40.7. The number of likely N-dealkylation sites (tertiary alicyclic amines) is 1. The Kier molecular flexibility index (Phi) is 16.2. The third kappa shape index (κ3) is 13.5. The number of ether oxygens (including phenoxy) is 2. The molecule has 7 amide bonds. The zero-order valence-corrected chi connectivity index (χ0v) is 29.7. The maximum absolute atomic E-state index is 13.0. The average Bonchev–Trinajstić information content (AvgIpc) is 3.39. The van der Waals surface area contributed by atoms with Crippen LogP contribution in [0, 0.1) is 23.7 Å². The topological polar surface area (TPSA) is 218 Å². The number of benzene rings is 1. The Morgan fingerprint density at radius 3 is 2.16 bits per heavy atom. The van der Waals surface area contributed by atoms with Crippen LogP contribution in [0.4, 0.5) is 0 Å². The van der Waals surface area contributed by atoms with Crippen LogP contribution in [0.3, 0.4) is 0 Å². The van der Waals surface area contributed by atoms with Gasteiger partial charge in [-0.05, 0) is 24.3 Å². The van der Waals surface area contributed by atoms with Crippen LogP contribution in [0.1, 0.15) is 52.5 Å². The van der Waals surface area contributed by atoms with Crippen molar-refractivity contribution in [3.63, 3.8) is 0 Å². The second-order valence-electron chi connectivity index (χ2n) is 13.4. The van der Waals surface area contributed by atoms with Crippen molar-refractivity contribution >= 4 is 47.1 Å². The van der Waals surface area contributed by atoms with E-state index >= 15 is 0 Å². The smallest absolute Gasteiger partial charge is 0.243 e. The lowest BCUT2D eigenvalue weighted by Gasteiger charge is -2.30. The highest BCUT2D eigenvalue weighted by Gasteiger charge is 2.41. The third-order valence-corrected chi connectivity index (χ3v) is 8.70. The molecule has 2 saturated heterocycles. The summed E-state index contributed by atoms with van der Waals surface area (Å²) in [4.78, 5) is 101. The number of imide groups is 1. The molecule has 0 aromatic heterocycles. The van der Waals surface area contributed by atoms with Gasteiger partial charge in [0.2, 0.25) is 41.4 Å². The molecular weight excluding hydrogens is 664 g/mol. The fourth-order valence-corrected chi connectivity index (χ4v) is 5.44. The second-order valence-corrected chi connectivity index (χ2v) is 13.4. The zero-order valence-electron chi connectivity index (χ0n) is 29.7. The first-order valence-electron chi connectivity index (χ1n) is 17.2. The van der Waals surface area contributed by atoms with Gasteiger partial charge in [-0.25, -0.2) is 0 Å². The van der Waals surface area contributed by atoms with Gasteiger partial charge in [0.15, 0.2) is 5.78 Å². The lowest BCUT2D eigenvalue weighted by atomic mass is 9.94. The van der Waals surface area contributed by atoms with Gasteiger partial charge in [-0.2, -0.15) is 0 Å². The quantitative estimate of drug-likeness (QED) is 0.0683. The Hall–Kier alpha value is -4.70. The summed E-state index contributed by atoms with van der Waals surface area (Å²) in [6, 6.07) is 7.82. The van der Waals surface area contributed by atoms with E-state index in [2.05, 4.69) is 26.6 Å². The largest absolute Gasteiger partial charge is 0.376 e. The molecule has 5 N–H and O–H groups in total. The molecule has 2 heterocycles. The summed E-state index contributed by atoms with van der Waals surface area (Å²) in [7, 11) is 0. The molecule has 280 valence electrons. The molecule has 16 heteroatoms. The fourth-order valence-electron chi connectivity index (χ4n) is 5.44. The molecule has 1 aromatic rings. The molecule has 16 nitrogen and oxygen atoms in total. The standard InChI is InChI=1S/C35H50N6O10/c1-21(2)26-13-32(46)41(35(26)49)17-25-11-10-24(18-51-25)33(47)37-14-29(43)36-16-31(45)40-27(12-23-8-6-5-7-9-23)34(48)38-15-30(44)39-20-50-19-28(42)22(3)4/h5-9,21-22,24-27H,10-20H2,1-4H3,(H,36,43)(H,37,47)(H,38,48)(H,39,44)(H,40,45). The summed E-state index contributed by atoms with van der Waals surface area (Å²) >= 11 is 0. The maximum Gasteiger partial charge on any atom is 0.243 e. The van der Waals surface area contributed by atoms with Crippen molar-refractivity contribution in [3.05, 3.63) is 35.9 Å². The molecule has 2 fully saturated rings. The second kappa shape index (κ2) is 20.2. The highest BCUT2D eigenvalue weighted by Crippen LogP contribution is 2.28. The van der Waals surface area contributed by atoms with Crippen molar-refractivity contribution in [1.82, 2.24) is 31.5 Å². The van der Waals surface area contributed by atoms with Gasteiger partial charge in [-0.1, -0.05) is 58.0 Å². The Balaban J connectivity index is 1.38. The highest BCUT2D eigenvalue weighted by atomic mass is 16.5. The number of hydrogen-bond donors (Lipinski definition) is 5. The normalized spacial score (nSPS) is 19.4. The lowest BCUT2D eigenvalue weighted by Crippen LogP contribution is -2.52. The number of nitrogens with one attached hydrogen (secondary N) is 5. The molecule has 2 aliphatic heterocycles. The summed E-state index contributed by atoms with van der Waals surface area (Å²) in [6.07, 6.45) is 0.850. The molecule has 4 atom stereocenters. The van der Waals surface area contributed by atoms with E-state index in [9.17, 15) is 38.4 Å². The van der Waals surface area contributed by atoms with E-state index in [4.69, 9.17) is 9.47 Å². The van der Waals surface area contributed by atoms with Crippen LogP contribution < -0.4 is 26.6 Å². The Morgan fingerprint density at radius 1 is 0.863 bits per heavy atom. The van der Waals surface area contributed by atoms with Gasteiger partial charge < -0.3 is 36.1 Å². The minimum atomic E-state index is -1.07. The zero-order chi connectivity index (χ0) is 37.5. The average molecular weight is 715 g/mol. The van der Waals surface area contributed by atoms with Gasteiger partial charge in [0.25, 0.3) is 0 Å². The van der Waals surface area contributed by atoms with Crippen molar-refractivity contribution < 1.29 is 47.8 Å². The van der Waals surface area contributed by atoms with E-state index in [0.717, 1.165) is 5.56 Å². The van der Waals surface area contributed by atoms with Crippen LogP contribution in [-0.4, -0.2) is 110 Å². The first-order chi connectivity index (χ1) is 24.2. The number of hydrogen-bond acceptors (Lipinski definition) is 10. The Bertz CT molecular complexity index is 1410. The van der Waals surface area contributed by atoms with Gasteiger partial charge in [0.05, 0.1) is 44.8 Å². The summed E-state index contributed by atoms with van der Waals surface area (Å²) in [5.74, 6) is -4.38. The van der Waals surface area contributed by atoms with Gasteiger partial charge in [0.1, 0.15) is 19.4 Å². The highest BCUT2D eigenvalue weighted by molar-refractivity contribution is 6.03. The molecule has 0 radical (unpaired) electrons. The summed E-state index contributed by atoms with van der Waals surface area (Å²) in [5.41, 5.74) is 0.744. The predicted octanol–water partition coefficient (Wildman–Crippen LogP) is -0.796. The summed E-state index contributed by atoms with van der Waals surface area (Å²) in [5, 5.41) is 12.4.